The summed E-state index contributed by atoms with van der Waals surface area (Å²) in [5.74, 6) is 8.95. The third kappa shape index (κ3) is 2.76. The number of anilines is 1. The standard InChI is InChI=1S/C16H20N4S/c1-16(2,3)11-6-4-10(5-7-11)14-18-13-9-21-8-12(13)15(19-14)20-17/h4-7H,8-9,17H2,1-3H3,(H,18,19,20). The Morgan fingerprint density at radius 1 is 1.10 bits per heavy atom. The van der Waals surface area contributed by atoms with Gasteiger partial charge in [0.15, 0.2) is 5.82 Å². The van der Waals surface area contributed by atoms with E-state index in [0.717, 1.165) is 40.0 Å². The molecule has 1 aliphatic rings. The van der Waals surface area contributed by atoms with E-state index < -0.39 is 0 Å². The summed E-state index contributed by atoms with van der Waals surface area (Å²) in [6.07, 6.45) is 0. The SMILES string of the molecule is CC(C)(C)c1ccc(-c2nc3c(c(NN)n2)CSC3)cc1. The summed E-state index contributed by atoms with van der Waals surface area (Å²) in [4.78, 5) is 9.26. The number of nitrogen functional groups attached to an aromatic ring is 1. The number of hydrogen-bond donors (Lipinski definition) is 2. The molecule has 1 aromatic heterocycles. The highest BCUT2D eigenvalue weighted by Gasteiger charge is 2.20. The molecule has 21 heavy (non-hydrogen) atoms. The molecule has 0 aliphatic carbocycles. The van der Waals surface area contributed by atoms with Gasteiger partial charge in [0, 0.05) is 22.6 Å². The van der Waals surface area contributed by atoms with Crippen molar-refractivity contribution in [3.63, 3.8) is 0 Å². The zero-order valence-corrected chi connectivity index (χ0v) is 13.4. The molecule has 5 heteroatoms. The summed E-state index contributed by atoms with van der Waals surface area (Å²) < 4.78 is 0. The minimum absolute atomic E-state index is 0.151. The molecule has 0 spiro atoms. The Morgan fingerprint density at radius 3 is 2.43 bits per heavy atom. The largest absolute Gasteiger partial charge is 0.308 e. The normalized spacial score (nSPS) is 14.1. The quantitative estimate of drug-likeness (QED) is 0.657. The lowest BCUT2D eigenvalue weighted by molar-refractivity contribution is 0.590. The molecule has 2 heterocycles. The van der Waals surface area contributed by atoms with Crippen LogP contribution in [-0.2, 0) is 16.9 Å². The molecule has 1 aliphatic heterocycles. The average Bonchev–Trinajstić information content (AvgIpc) is 2.93. The minimum atomic E-state index is 0.151. The number of fused-ring (bicyclic) bond motifs is 1. The van der Waals surface area contributed by atoms with Gasteiger partial charge in [-0.25, -0.2) is 15.8 Å². The van der Waals surface area contributed by atoms with Crippen LogP contribution in [0, 0.1) is 0 Å². The van der Waals surface area contributed by atoms with Crippen LogP contribution in [0.2, 0.25) is 0 Å². The maximum Gasteiger partial charge on any atom is 0.161 e. The number of benzene rings is 1. The first-order chi connectivity index (χ1) is 9.99. The molecule has 110 valence electrons. The fourth-order valence-electron chi connectivity index (χ4n) is 2.42. The van der Waals surface area contributed by atoms with Crippen molar-refractivity contribution in [1.82, 2.24) is 9.97 Å². The Bertz CT molecular complexity index is 659. The second kappa shape index (κ2) is 5.31. The molecule has 1 aromatic carbocycles. The van der Waals surface area contributed by atoms with Crippen molar-refractivity contribution in [2.45, 2.75) is 37.7 Å². The first kappa shape index (κ1) is 14.4. The van der Waals surface area contributed by atoms with Crippen molar-refractivity contribution in [1.29, 1.82) is 0 Å². The molecule has 0 bridgehead atoms. The smallest absolute Gasteiger partial charge is 0.161 e. The van der Waals surface area contributed by atoms with E-state index in [-0.39, 0.29) is 5.41 Å². The zero-order chi connectivity index (χ0) is 15.0. The Hall–Kier alpha value is -1.59. The molecule has 0 amide bonds. The number of thioether (sulfide) groups is 1. The van der Waals surface area contributed by atoms with Gasteiger partial charge in [-0.15, -0.1) is 0 Å². The van der Waals surface area contributed by atoms with Gasteiger partial charge in [0.2, 0.25) is 0 Å². The van der Waals surface area contributed by atoms with Crippen LogP contribution in [0.25, 0.3) is 11.4 Å². The van der Waals surface area contributed by atoms with E-state index in [1.54, 1.807) is 0 Å². The number of hydrogen-bond acceptors (Lipinski definition) is 5. The van der Waals surface area contributed by atoms with Gasteiger partial charge in [0.1, 0.15) is 5.82 Å². The molecule has 2 aromatic rings. The summed E-state index contributed by atoms with van der Waals surface area (Å²) in [6.45, 7) is 6.63. The van der Waals surface area contributed by atoms with Crippen LogP contribution in [0.5, 0.6) is 0 Å². The monoisotopic (exact) mass is 300 g/mol. The van der Waals surface area contributed by atoms with Gasteiger partial charge in [-0.1, -0.05) is 45.0 Å². The Kier molecular flexibility index (Phi) is 3.63. The molecule has 3 N–H and O–H groups in total. The second-order valence-corrected chi connectivity index (χ2v) is 7.27. The van der Waals surface area contributed by atoms with E-state index in [1.807, 2.05) is 11.8 Å². The highest BCUT2D eigenvalue weighted by molar-refractivity contribution is 7.98. The Morgan fingerprint density at radius 2 is 1.81 bits per heavy atom. The highest BCUT2D eigenvalue weighted by Crippen LogP contribution is 2.34. The van der Waals surface area contributed by atoms with E-state index in [9.17, 15) is 0 Å². The van der Waals surface area contributed by atoms with E-state index in [1.165, 1.54) is 5.56 Å². The number of nitrogens with one attached hydrogen (secondary N) is 1. The maximum absolute atomic E-state index is 5.60. The van der Waals surface area contributed by atoms with Crippen LogP contribution in [0.4, 0.5) is 5.82 Å². The molecule has 0 atom stereocenters. The zero-order valence-electron chi connectivity index (χ0n) is 12.6. The number of hydrazine groups is 1. The van der Waals surface area contributed by atoms with Crippen molar-refractivity contribution in [2.24, 2.45) is 5.84 Å². The predicted octanol–water partition coefficient (Wildman–Crippen LogP) is 3.47. The van der Waals surface area contributed by atoms with Crippen LogP contribution in [-0.4, -0.2) is 9.97 Å². The van der Waals surface area contributed by atoms with E-state index >= 15 is 0 Å². The summed E-state index contributed by atoms with van der Waals surface area (Å²) in [5, 5.41) is 0. The lowest BCUT2D eigenvalue weighted by atomic mass is 9.86. The summed E-state index contributed by atoms with van der Waals surface area (Å²) in [6, 6.07) is 8.47. The maximum atomic E-state index is 5.60. The van der Waals surface area contributed by atoms with Crippen LogP contribution in [0.15, 0.2) is 24.3 Å². The molecular weight excluding hydrogens is 280 g/mol. The molecule has 0 saturated heterocycles. The summed E-state index contributed by atoms with van der Waals surface area (Å²) in [7, 11) is 0. The first-order valence-electron chi connectivity index (χ1n) is 7.04. The van der Waals surface area contributed by atoms with Crippen molar-refractivity contribution >= 4 is 17.6 Å². The third-order valence-corrected chi connectivity index (χ3v) is 4.69. The second-order valence-electron chi connectivity index (χ2n) is 6.29. The Labute approximate surface area is 129 Å². The van der Waals surface area contributed by atoms with Gasteiger partial charge in [-0.05, 0) is 11.0 Å². The predicted molar refractivity (Wildman–Crippen MR) is 89.0 cm³/mol. The highest BCUT2D eigenvalue weighted by atomic mass is 32.2. The van der Waals surface area contributed by atoms with Gasteiger partial charge in [0.05, 0.1) is 5.69 Å². The van der Waals surface area contributed by atoms with Crippen LogP contribution in [0.3, 0.4) is 0 Å². The summed E-state index contributed by atoms with van der Waals surface area (Å²) >= 11 is 1.84. The van der Waals surface area contributed by atoms with Crippen molar-refractivity contribution < 1.29 is 0 Å². The molecule has 0 fully saturated rings. The lowest BCUT2D eigenvalue weighted by Crippen LogP contribution is -2.13. The molecule has 4 nitrogen and oxygen atoms in total. The van der Waals surface area contributed by atoms with Crippen molar-refractivity contribution in [3.8, 4) is 11.4 Å². The molecule has 0 radical (unpaired) electrons. The fraction of sp³-hybridized carbons (Fsp3) is 0.375. The Balaban J connectivity index is 2.01. The van der Waals surface area contributed by atoms with E-state index in [4.69, 9.17) is 10.8 Å². The number of nitrogens with zero attached hydrogens (tertiary/aromatic N) is 2. The average molecular weight is 300 g/mol. The fourth-order valence-corrected chi connectivity index (χ4v) is 3.46. The van der Waals surface area contributed by atoms with Gasteiger partial charge in [0.25, 0.3) is 0 Å². The van der Waals surface area contributed by atoms with Gasteiger partial charge >= 0.3 is 0 Å². The number of nitrogens with two attached hydrogens (primary N) is 1. The van der Waals surface area contributed by atoms with Crippen molar-refractivity contribution in [3.05, 3.63) is 41.1 Å². The van der Waals surface area contributed by atoms with Gasteiger partial charge in [-0.2, -0.15) is 11.8 Å². The van der Waals surface area contributed by atoms with E-state index in [0.29, 0.717) is 0 Å². The number of rotatable bonds is 2. The lowest BCUT2D eigenvalue weighted by Gasteiger charge is -2.19. The summed E-state index contributed by atoms with van der Waals surface area (Å²) in [5.41, 5.74) is 7.42. The van der Waals surface area contributed by atoms with Crippen molar-refractivity contribution in [2.75, 3.05) is 5.43 Å². The first-order valence-corrected chi connectivity index (χ1v) is 8.19. The molecule has 3 rings (SSSR count). The van der Waals surface area contributed by atoms with Gasteiger partial charge < -0.3 is 5.43 Å². The topological polar surface area (TPSA) is 63.8 Å². The van der Waals surface area contributed by atoms with Crippen LogP contribution < -0.4 is 11.3 Å². The number of aromatic nitrogens is 2. The minimum Gasteiger partial charge on any atom is -0.308 e. The third-order valence-electron chi connectivity index (χ3n) is 3.72. The van der Waals surface area contributed by atoms with Gasteiger partial charge in [-0.3, -0.25) is 0 Å². The molecule has 0 saturated carbocycles. The molecular formula is C16H20N4S. The van der Waals surface area contributed by atoms with Crippen LogP contribution >= 0.6 is 11.8 Å². The molecule has 0 unspecified atom stereocenters. The van der Waals surface area contributed by atoms with E-state index in [2.05, 4.69) is 55.4 Å². The van der Waals surface area contributed by atoms with Crippen LogP contribution in [0.1, 0.15) is 37.6 Å².